The number of nitrogens with one attached hydrogen (secondary N) is 1. The monoisotopic (exact) mass is 221 g/mol. The maximum atomic E-state index is 11.0. The molecule has 0 bridgehead atoms. The highest BCUT2D eigenvalue weighted by molar-refractivity contribution is 7.84. The van der Waals surface area contributed by atoms with Crippen molar-refractivity contribution in [1.82, 2.24) is 5.32 Å². The number of hydrogen-bond acceptors (Lipinski definition) is 3. The summed E-state index contributed by atoms with van der Waals surface area (Å²) in [6.45, 7) is 7.19. The Labute approximate surface area is 89.7 Å². The van der Waals surface area contributed by atoms with E-state index in [0.717, 1.165) is 19.4 Å². The lowest BCUT2D eigenvalue weighted by Gasteiger charge is -2.22. The zero-order valence-electron chi connectivity index (χ0n) is 9.67. The fourth-order valence-electron chi connectivity index (χ4n) is 0.954. The Morgan fingerprint density at radius 2 is 2.14 bits per heavy atom. The Morgan fingerprint density at radius 1 is 1.57 bits per heavy atom. The lowest BCUT2D eigenvalue weighted by Crippen LogP contribution is -2.38. The highest BCUT2D eigenvalue weighted by Gasteiger charge is 2.16. The summed E-state index contributed by atoms with van der Waals surface area (Å²) in [5.41, 5.74) is -0.616. The summed E-state index contributed by atoms with van der Waals surface area (Å²) < 4.78 is 11.0. The molecule has 0 rings (SSSR count). The highest BCUT2D eigenvalue weighted by Crippen LogP contribution is 2.06. The molecule has 0 fully saturated rings. The van der Waals surface area contributed by atoms with E-state index in [2.05, 4.69) is 5.32 Å². The van der Waals surface area contributed by atoms with Crippen molar-refractivity contribution in [1.29, 1.82) is 0 Å². The molecule has 0 aliphatic heterocycles. The average molecular weight is 221 g/mol. The molecule has 3 nitrogen and oxygen atoms in total. The van der Waals surface area contributed by atoms with Crippen molar-refractivity contribution in [2.75, 3.05) is 19.3 Å². The van der Waals surface area contributed by atoms with Crippen molar-refractivity contribution in [2.45, 2.75) is 44.5 Å². The van der Waals surface area contributed by atoms with Crippen molar-refractivity contribution in [3.05, 3.63) is 0 Å². The summed E-state index contributed by atoms with van der Waals surface area (Å²) in [4.78, 5) is 0. The van der Waals surface area contributed by atoms with Crippen LogP contribution in [-0.2, 0) is 10.8 Å². The molecule has 14 heavy (non-hydrogen) atoms. The van der Waals surface area contributed by atoms with Gasteiger partial charge >= 0.3 is 0 Å². The summed E-state index contributed by atoms with van der Waals surface area (Å²) in [7, 11) is -0.739. The minimum atomic E-state index is -0.739. The number of hydrogen-bond donors (Lipinski definition) is 2. The van der Waals surface area contributed by atoms with E-state index in [1.165, 1.54) is 0 Å². The van der Waals surface area contributed by atoms with E-state index < -0.39 is 16.4 Å². The van der Waals surface area contributed by atoms with Crippen molar-refractivity contribution >= 4 is 10.8 Å². The largest absolute Gasteiger partial charge is 0.389 e. The molecule has 2 N–H and O–H groups in total. The van der Waals surface area contributed by atoms with E-state index in [1.807, 2.05) is 20.8 Å². The third-order valence-electron chi connectivity index (χ3n) is 2.56. The first-order valence-corrected chi connectivity index (χ1v) is 6.76. The molecule has 0 aromatic heterocycles. The van der Waals surface area contributed by atoms with Gasteiger partial charge in [-0.05, 0) is 26.3 Å². The molecule has 0 aliphatic carbocycles. The third-order valence-corrected chi connectivity index (χ3v) is 3.93. The Bertz CT molecular complexity index is 183. The SMILES string of the molecule is CCC(C)(O)CNCCC(C)S(C)=O. The van der Waals surface area contributed by atoms with Crippen molar-refractivity contribution in [3.8, 4) is 0 Å². The molecule has 3 unspecified atom stereocenters. The topological polar surface area (TPSA) is 49.3 Å². The first kappa shape index (κ1) is 14.1. The van der Waals surface area contributed by atoms with Crippen molar-refractivity contribution < 1.29 is 9.32 Å². The number of rotatable bonds is 7. The minimum absolute atomic E-state index is 0.231. The second-order valence-corrected chi connectivity index (χ2v) is 5.93. The van der Waals surface area contributed by atoms with Crippen LogP contribution in [0.3, 0.4) is 0 Å². The lowest BCUT2D eigenvalue weighted by atomic mass is 10.0. The fourth-order valence-corrected chi connectivity index (χ4v) is 1.40. The van der Waals surface area contributed by atoms with Gasteiger partial charge in [0.25, 0.3) is 0 Å². The molecule has 0 amide bonds. The summed E-state index contributed by atoms with van der Waals surface area (Å²) >= 11 is 0. The normalized spacial score (nSPS) is 20.1. The molecule has 4 heteroatoms. The van der Waals surface area contributed by atoms with E-state index in [-0.39, 0.29) is 5.25 Å². The molecule has 0 aromatic rings. The van der Waals surface area contributed by atoms with Gasteiger partial charge in [-0.15, -0.1) is 0 Å². The summed E-state index contributed by atoms with van der Waals surface area (Å²) in [6, 6.07) is 0. The molecular weight excluding hydrogens is 198 g/mol. The van der Waals surface area contributed by atoms with Gasteiger partial charge in [0.2, 0.25) is 0 Å². The van der Waals surface area contributed by atoms with Gasteiger partial charge in [-0.1, -0.05) is 13.8 Å². The molecule has 0 aliphatic rings. The Morgan fingerprint density at radius 3 is 2.57 bits per heavy atom. The van der Waals surface area contributed by atoms with E-state index >= 15 is 0 Å². The van der Waals surface area contributed by atoms with Crippen LogP contribution in [0.1, 0.15) is 33.6 Å². The lowest BCUT2D eigenvalue weighted by molar-refractivity contribution is 0.0560. The van der Waals surface area contributed by atoms with Gasteiger partial charge in [0, 0.05) is 28.9 Å². The minimum Gasteiger partial charge on any atom is -0.389 e. The number of aliphatic hydroxyl groups is 1. The quantitative estimate of drug-likeness (QED) is 0.628. The van der Waals surface area contributed by atoms with Crippen LogP contribution < -0.4 is 5.32 Å². The van der Waals surface area contributed by atoms with Crippen LogP contribution >= 0.6 is 0 Å². The predicted molar refractivity (Wildman–Crippen MR) is 61.9 cm³/mol. The standard InChI is InChI=1S/C10H23NO2S/c1-5-10(3,12)8-11-7-6-9(2)14(4)13/h9,11-12H,5-8H2,1-4H3. The van der Waals surface area contributed by atoms with E-state index in [4.69, 9.17) is 0 Å². The second kappa shape index (κ2) is 6.53. The van der Waals surface area contributed by atoms with E-state index in [1.54, 1.807) is 6.26 Å². The van der Waals surface area contributed by atoms with Gasteiger partial charge < -0.3 is 10.4 Å². The van der Waals surface area contributed by atoms with Crippen LogP contribution in [0.2, 0.25) is 0 Å². The van der Waals surface area contributed by atoms with E-state index in [0.29, 0.717) is 6.54 Å². The maximum Gasteiger partial charge on any atom is 0.0740 e. The average Bonchev–Trinajstić information content (AvgIpc) is 2.12. The van der Waals surface area contributed by atoms with Crippen LogP contribution in [0.5, 0.6) is 0 Å². The van der Waals surface area contributed by atoms with Gasteiger partial charge in [0.15, 0.2) is 0 Å². The third kappa shape index (κ3) is 6.51. The zero-order valence-corrected chi connectivity index (χ0v) is 10.5. The van der Waals surface area contributed by atoms with Gasteiger partial charge in [0.1, 0.15) is 0 Å². The summed E-state index contributed by atoms with van der Waals surface area (Å²) in [6.07, 6.45) is 3.37. The van der Waals surface area contributed by atoms with Gasteiger partial charge in [-0.25, -0.2) is 0 Å². The van der Waals surface area contributed by atoms with Gasteiger partial charge in [-0.2, -0.15) is 0 Å². The van der Waals surface area contributed by atoms with Gasteiger partial charge in [0.05, 0.1) is 5.60 Å². The maximum absolute atomic E-state index is 11.0. The molecule has 0 radical (unpaired) electrons. The molecule has 0 spiro atoms. The molecule has 0 saturated carbocycles. The Balaban J connectivity index is 3.52. The Kier molecular flexibility index (Phi) is 6.57. The summed E-state index contributed by atoms with van der Waals surface area (Å²) in [5.74, 6) is 0. The molecule has 0 aromatic carbocycles. The van der Waals surface area contributed by atoms with Crippen LogP contribution in [-0.4, -0.2) is 39.5 Å². The van der Waals surface area contributed by atoms with E-state index in [9.17, 15) is 9.32 Å². The van der Waals surface area contributed by atoms with Crippen molar-refractivity contribution in [2.24, 2.45) is 0 Å². The Hall–Kier alpha value is 0.0700. The first-order valence-electron chi connectivity index (χ1n) is 5.14. The highest BCUT2D eigenvalue weighted by atomic mass is 32.2. The van der Waals surface area contributed by atoms with Gasteiger partial charge in [-0.3, -0.25) is 4.21 Å². The van der Waals surface area contributed by atoms with Crippen LogP contribution in [0, 0.1) is 0 Å². The molecule has 0 saturated heterocycles. The zero-order chi connectivity index (χ0) is 11.2. The first-order chi connectivity index (χ1) is 6.39. The summed E-state index contributed by atoms with van der Waals surface area (Å²) in [5, 5.41) is 13.1. The second-order valence-electron chi connectivity index (χ2n) is 4.13. The molecule has 0 heterocycles. The van der Waals surface area contributed by atoms with Crippen LogP contribution in [0.25, 0.3) is 0 Å². The van der Waals surface area contributed by atoms with Crippen molar-refractivity contribution in [3.63, 3.8) is 0 Å². The van der Waals surface area contributed by atoms with Crippen LogP contribution in [0.15, 0.2) is 0 Å². The predicted octanol–water partition coefficient (Wildman–Crippen LogP) is 0.894. The molecular formula is C10H23NO2S. The molecule has 86 valence electrons. The van der Waals surface area contributed by atoms with Crippen LogP contribution in [0.4, 0.5) is 0 Å². The smallest absolute Gasteiger partial charge is 0.0740 e. The fraction of sp³-hybridized carbons (Fsp3) is 1.00. The molecule has 3 atom stereocenters.